The lowest BCUT2D eigenvalue weighted by molar-refractivity contribution is 0.0697. The number of carbonyl (C=O) groups is 1. The monoisotopic (exact) mass is 288 g/mol. The number of hydrogen-bond donors (Lipinski definition) is 4. The second-order valence-electron chi connectivity index (χ2n) is 4.50. The van der Waals surface area contributed by atoms with Crippen LogP contribution in [-0.4, -0.2) is 40.1 Å². The Morgan fingerprint density at radius 3 is 2.38 bits per heavy atom. The lowest BCUT2D eigenvalue weighted by Gasteiger charge is -2.16. The van der Waals surface area contributed by atoms with Crippen molar-refractivity contribution < 1.29 is 9.90 Å². The topological polar surface area (TPSA) is 116 Å². The van der Waals surface area contributed by atoms with Gasteiger partial charge in [-0.15, -0.1) is 0 Å². The minimum Gasteiger partial charge on any atom is -0.478 e. The number of nitrogens with one attached hydrogen (secondary N) is 2. The van der Waals surface area contributed by atoms with E-state index in [1.165, 1.54) is 18.5 Å². The van der Waals surface area contributed by atoms with E-state index in [-0.39, 0.29) is 5.56 Å². The summed E-state index contributed by atoms with van der Waals surface area (Å²) >= 11 is 0. The van der Waals surface area contributed by atoms with E-state index in [4.69, 9.17) is 10.8 Å². The molecule has 0 saturated carbocycles. The Balaban J connectivity index is 2.21. The average Bonchev–Trinajstić information content (AvgIpc) is 2.43. The molecule has 2 rings (SSSR count). The molecule has 1 aromatic carbocycles. The summed E-state index contributed by atoms with van der Waals surface area (Å²) in [4.78, 5) is 18.9. The van der Waals surface area contributed by atoms with Crippen molar-refractivity contribution in [3.63, 3.8) is 0 Å². The van der Waals surface area contributed by atoms with Gasteiger partial charge in [-0.05, 0) is 24.3 Å². The molecule has 0 fully saturated rings. The molecule has 0 aliphatic heterocycles. The molecule has 0 spiro atoms. The van der Waals surface area contributed by atoms with Gasteiger partial charge in [-0.3, -0.25) is 0 Å². The first-order valence-corrected chi connectivity index (χ1v) is 6.12. The van der Waals surface area contributed by atoms with Crippen LogP contribution in [0.3, 0.4) is 0 Å². The first kappa shape index (κ1) is 14.5. The fourth-order valence-electron chi connectivity index (χ4n) is 1.63. The lowest BCUT2D eigenvalue weighted by atomic mass is 10.2. The number of nitrogens with two attached hydrogens (primary N) is 1. The number of hydrogen-bond acceptors (Lipinski definition) is 7. The molecule has 0 aliphatic rings. The zero-order valence-electron chi connectivity index (χ0n) is 11.7. The first-order valence-electron chi connectivity index (χ1n) is 6.12. The summed E-state index contributed by atoms with van der Waals surface area (Å²) in [5.41, 5.74) is 10.2. The van der Waals surface area contributed by atoms with E-state index in [1.54, 1.807) is 17.1 Å². The number of rotatable bonds is 5. The molecular formula is C13H16N6O2. The van der Waals surface area contributed by atoms with Crippen molar-refractivity contribution in [1.82, 2.24) is 15.0 Å². The molecule has 2 aromatic rings. The van der Waals surface area contributed by atoms with Crippen LogP contribution in [0.25, 0.3) is 0 Å². The van der Waals surface area contributed by atoms with E-state index in [9.17, 15) is 4.79 Å². The van der Waals surface area contributed by atoms with Crippen LogP contribution in [0.5, 0.6) is 0 Å². The van der Waals surface area contributed by atoms with Crippen LogP contribution in [0.2, 0.25) is 0 Å². The van der Waals surface area contributed by atoms with E-state index >= 15 is 0 Å². The minimum absolute atomic E-state index is 0.214. The van der Waals surface area contributed by atoms with Gasteiger partial charge in [0, 0.05) is 19.8 Å². The van der Waals surface area contributed by atoms with Gasteiger partial charge in [0.1, 0.15) is 12.0 Å². The predicted octanol–water partition coefficient (Wildman–Crippen LogP) is 1.39. The lowest BCUT2D eigenvalue weighted by Crippen LogP contribution is -2.21. The van der Waals surface area contributed by atoms with Crippen LogP contribution >= 0.6 is 0 Å². The molecule has 8 heteroatoms. The van der Waals surface area contributed by atoms with E-state index in [1.807, 2.05) is 14.1 Å². The maximum atomic E-state index is 10.8. The normalized spacial score (nSPS) is 10.4. The molecular weight excluding hydrogens is 272 g/mol. The number of carboxylic acids is 1. The molecule has 0 radical (unpaired) electrons. The molecule has 21 heavy (non-hydrogen) atoms. The summed E-state index contributed by atoms with van der Waals surface area (Å²) in [6.45, 7) is 0. The maximum absolute atomic E-state index is 10.8. The van der Waals surface area contributed by atoms with E-state index in [2.05, 4.69) is 20.7 Å². The highest BCUT2D eigenvalue weighted by atomic mass is 16.4. The number of carboxylic acid groups (broad SMARTS) is 1. The van der Waals surface area contributed by atoms with Gasteiger partial charge in [0.05, 0.1) is 5.56 Å². The molecule has 0 saturated heterocycles. The number of benzene rings is 1. The smallest absolute Gasteiger partial charge is 0.335 e. The molecule has 1 aromatic heterocycles. The Morgan fingerprint density at radius 2 is 1.81 bits per heavy atom. The number of anilines is 4. The van der Waals surface area contributed by atoms with Crippen molar-refractivity contribution >= 4 is 29.0 Å². The van der Waals surface area contributed by atoms with E-state index in [0.29, 0.717) is 23.0 Å². The van der Waals surface area contributed by atoms with Crippen molar-refractivity contribution in [3.8, 4) is 0 Å². The van der Waals surface area contributed by atoms with Gasteiger partial charge < -0.3 is 21.6 Å². The Morgan fingerprint density at radius 1 is 1.19 bits per heavy atom. The molecule has 5 N–H and O–H groups in total. The van der Waals surface area contributed by atoms with Crippen molar-refractivity contribution in [3.05, 3.63) is 36.2 Å². The molecule has 0 aliphatic carbocycles. The minimum atomic E-state index is -0.972. The van der Waals surface area contributed by atoms with Crippen LogP contribution < -0.4 is 16.5 Å². The largest absolute Gasteiger partial charge is 0.478 e. The second-order valence-corrected chi connectivity index (χ2v) is 4.50. The Bertz CT molecular complexity index is 642. The van der Waals surface area contributed by atoms with E-state index < -0.39 is 5.97 Å². The summed E-state index contributed by atoms with van der Waals surface area (Å²) in [5.74, 6) is -0.0438. The standard InChI is InChI=1S/C13H16N6O2/c1-19(2)18-12-10(14)11(15-7-16-12)17-9-5-3-8(4-6-9)13(20)21/h3-7H,14H2,1-2H3,(H,20,21)(H2,15,16,17,18). The SMILES string of the molecule is CN(C)Nc1ncnc(Nc2ccc(C(=O)O)cc2)c1N. The van der Waals surface area contributed by atoms with Crippen molar-refractivity contribution in [2.45, 2.75) is 0 Å². The summed E-state index contributed by atoms with van der Waals surface area (Å²) in [6, 6.07) is 6.29. The molecule has 0 unspecified atom stereocenters. The zero-order valence-corrected chi connectivity index (χ0v) is 11.7. The number of hydrazine groups is 1. The van der Waals surface area contributed by atoms with Gasteiger partial charge in [-0.1, -0.05) is 0 Å². The maximum Gasteiger partial charge on any atom is 0.335 e. The van der Waals surface area contributed by atoms with E-state index in [0.717, 1.165) is 0 Å². The van der Waals surface area contributed by atoms with Gasteiger partial charge in [0.15, 0.2) is 11.6 Å². The molecule has 0 bridgehead atoms. The Labute approximate surface area is 121 Å². The average molecular weight is 288 g/mol. The Hall–Kier alpha value is -2.87. The fourth-order valence-corrected chi connectivity index (χ4v) is 1.63. The van der Waals surface area contributed by atoms with Gasteiger partial charge >= 0.3 is 5.97 Å². The zero-order chi connectivity index (χ0) is 15.4. The van der Waals surface area contributed by atoms with Gasteiger partial charge in [0.2, 0.25) is 0 Å². The van der Waals surface area contributed by atoms with Crippen molar-refractivity contribution in [1.29, 1.82) is 0 Å². The summed E-state index contributed by atoms with van der Waals surface area (Å²) in [5, 5.41) is 13.6. The summed E-state index contributed by atoms with van der Waals surface area (Å²) in [6.07, 6.45) is 1.39. The fraction of sp³-hybridized carbons (Fsp3) is 0.154. The summed E-state index contributed by atoms with van der Waals surface area (Å²) in [7, 11) is 3.64. The molecule has 8 nitrogen and oxygen atoms in total. The molecule has 0 amide bonds. The van der Waals surface area contributed by atoms with Gasteiger partial charge in [-0.25, -0.2) is 19.8 Å². The molecule has 0 atom stereocenters. The van der Waals surface area contributed by atoms with Crippen LogP contribution in [0.4, 0.5) is 23.0 Å². The van der Waals surface area contributed by atoms with Gasteiger partial charge in [-0.2, -0.15) is 0 Å². The quantitative estimate of drug-likeness (QED) is 0.610. The highest BCUT2D eigenvalue weighted by Crippen LogP contribution is 2.25. The van der Waals surface area contributed by atoms with Crippen molar-refractivity contribution in [2.75, 3.05) is 30.6 Å². The number of nitrogen functional groups attached to an aromatic ring is 1. The highest BCUT2D eigenvalue weighted by molar-refractivity contribution is 5.88. The Kier molecular flexibility index (Phi) is 4.19. The van der Waals surface area contributed by atoms with Crippen molar-refractivity contribution in [2.24, 2.45) is 0 Å². The van der Waals surface area contributed by atoms with Crippen LogP contribution in [-0.2, 0) is 0 Å². The number of aromatic carboxylic acids is 1. The number of nitrogens with zero attached hydrogens (tertiary/aromatic N) is 3. The predicted molar refractivity (Wildman–Crippen MR) is 80.4 cm³/mol. The number of aromatic nitrogens is 2. The third-order valence-corrected chi connectivity index (χ3v) is 2.61. The third-order valence-electron chi connectivity index (χ3n) is 2.61. The van der Waals surface area contributed by atoms with Crippen LogP contribution in [0, 0.1) is 0 Å². The second kappa shape index (κ2) is 6.06. The summed E-state index contributed by atoms with van der Waals surface area (Å²) < 4.78 is 0. The van der Waals surface area contributed by atoms with Crippen LogP contribution in [0.1, 0.15) is 10.4 Å². The third kappa shape index (κ3) is 3.57. The van der Waals surface area contributed by atoms with Crippen LogP contribution in [0.15, 0.2) is 30.6 Å². The highest BCUT2D eigenvalue weighted by Gasteiger charge is 2.09. The first-order chi connectivity index (χ1) is 9.97. The molecule has 110 valence electrons. The van der Waals surface area contributed by atoms with Gasteiger partial charge in [0.25, 0.3) is 0 Å². The molecule has 1 heterocycles.